The first-order chi connectivity index (χ1) is 12.5. The standard InChI is InChI=1S/C17H19N5O3S/c1-13-10-15(21-17(20-13)22-6-8-25-9-7-22)12-19-26(23,24)16-5-3-2-4-14(16)11-18/h2-5,10,19H,6-9,12H2,1H3. The van der Waals surface area contributed by atoms with Gasteiger partial charge in [-0.1, -0.05) is 12.1 Å². The number of morpholine rings is 1. The maximum absolute atomic E-state index is 12.5. The molecule has 2 aromatic rings. The first-order valence-electron chi connectivity index (χ1n) is 8.15. The molecule has 26 heavy (non-hydrogen) atoms. The summed E-state index contributed by atoms with van der Waals surface area (Å²) < 4.78 is 32.9. The molecule has 8 nitrogen and oxygen atoms in total. The summed E-state index contributed by atoms with van der Waals surface area (Å²) in [6.45, 7) is 4.49. The minimum absolute atomic E-state index is 0.0167. The zero-order valence-electron chi connectivity index (χ0n) is 14.3. The van der Waals surface area contributed by atoms with Crippen molar-refractivity contribution in [2.75, 3.05) is 31.2 Å². The predicted octanol–water partition coefficient (Wildman–Crippen LogP) is 0.972. The molecule has 0 radical (unpaired) electrons. The fraction of sp³-hybridized carbons (Fsp3) is 0.353. The maximum atomic E-state index is 12.5. The van der Waals surface area contributed by atoms with Crippen LogP contribution in [0.25, 0.3) is 0 Å². The zero-order chi connectivity index (χ0) is 18.6. The Morgan fingerprint density at radius 2 is 2.00 bits per heavy atom. The molecule has 0 saturated carbocycles. The molecular formula is C17H19N5O3S. The number of hydrogen-bond donors (Lipinski definition) is 1. The van der Waals surface area contributed by atoms with Gasteiger partial charge in [0.1, 0.15) is 6.07 Å². The van der Waals surface area contributed by atoms with Crippen LogP contribution in [0.4, 0.5) is 5.95 Å². The fourth-order valence-electron chi connectivity index (χ4n) is 2.65. The van der Waals surface area contributed by atoms with Gasteiger partial charge in [-0.05, 0) is 25.1 Å². The minimum Gasteiger partial charge on any atom is -0.378 e. The number of ether oxygens (including phenoxy) is 1. The van der Waals surface area contributed by atoms with Gasteiger partial charge in [0.15, 0.2) is 0 Å². The second-order valence-electron chi connectivity index (χ2n) is 5.83. The van der Waals surface area contributed by atoms with Crippen LogP contribution in [0.3, 0.4) is 0 Å². The van der Waals surface area contributed by atoms with E-state index in [4.69, 9.17) is 10.00 Å². The molecule has 1 fully saturated rings. The van der Waals surface area contributed by atoms with Crippen molar-refractivity contribution in [1.29, 1.82) is 5.26 Å². The van der Waals surface area contributed by atoms with Gasteiger partial charge in [-0.2, -0.15) is 5.26 Å². The Hall–Kier alpha value is -2.54. The minimum atomic E-state index is -3.82. The van der Waals surface area contributed by atoms with E-state index >= 15 is 0 Å². The fourth-order valence-corrected chi connectivity index (χ4v) is 3.81. The van der Waals surface area contributed by atoms with Crippen LogP contribution in [0, 0.1) is 18.3 Å². The third kappa shape index (κ3) is 4.16. The SMILES string of the molecule is Cc1cc(CNS(=O)(=O)c2ccccc2C#N)nc(N2CCOCC2)n1. The van der Waals surface area contributed by atoms with E-state index in [0.29, 0.717) is 37.9 Å². The summed E-state index contributed by atoms with van der Waals surface area (Å²) in [5.41, 5.74) is 1.43. The van der Waals surface area contributed by atoms with Crippen molar-refractivity contribution < 1.29 is 13.2 Å². The summed E-state index contributed by atoms with van der Waals surface area (Å²) >= 11 is 0. The average molecular weight is 373 g/mol. The molecule has 1 saturated heterocycles. The second kappa shape index (κ2) is 7.78. The van der Waals surface area contributed by atoms with Crippen molar-refractivity contribution >= 4 is 16.0 Å². The molecule has 0 aliphatic carbocycles. The lowest BCUT2D eigenvalue weighted by molar-refractivity contribution is 0.122. The Bertz CT molecular complexity index is 934. The van der Waals surface area contributed by atoms with E-state index < -0.39 is 10.0 Å². The summed E-state index contributed by atoms with van der Waals surface area (Å²) in [4.78, 5) is 10.9. The number of anilines is 1. The highest BCUT2D eigenvalue weighted by Crippen LogP contribution is 2.16. The van der Waals surface area contributed by atoms with Gasteiger partial charge in [-0.15, -0.1) is 0 Å². The number of benzene rings is 1. The molecular weight excluding hydrogens is 354 g/mol. The summed E-state index contributed by atoms with van der Waals surface area (Å²) in [7, 11) is -3.82. The molecule has 136 valence electrons. The van der Waals surface area contributed by atoms with Crippen LogP contribution in [0.1, 0.15) is 17.0 Å². The maximum Gasteiger partial charge on any atom is 0.242 e. The van der Waals surface area contributed by atoms with Crippen LogP contribution in [-0.4, -0.2) is 44.7 Å². The molecule has 2 heterocycles. The third-order valence-electron chi connectivity index (χ3n) is 3.93. The van der Waals surface area contributed by atoms with Gasteiger partial charge in [0, 0.05) is 18.8 Å². The van der Waals surface area contributed by atoms with E-state index in [1.807, 2.05) is 17.9 Å². The Morgan fingerprint density at radius 1 is 1.27 bits per heavy atom. The molecule has 9 heteroatoms. The van der Waals surface area contributed by atoms with Crippen molar-refractivity contribution in [2.24, 2.45) is 0 Å². The van der Waals surface area contributed by atoms with Gasteiger partial charge in [0.2, 0.25) is 16.0 Å². The molecule has 3 rings (SSSR count). The highest BCUT2D eigenvalue weighted by Gasteiger charge is 2.19. The van der Waals surface area contributed by atoms with E-state index in [-0.39, 0.29) is 17.0 Å². The molecule has 0 bridgehead atoms. The highest BCUT2D eigenvalue weighted by molar-refractivity contribution is 7.89. The smallest absolute Gasteiger partial charge is 0.242 e. The Balaban J connectivity index is 1.79. The number of aryl methyl sites for hydroxylation is 1. The van der Waals surface area contributed by atoms with Gasteiger partial charge < -0.3 is 9.64 Å². The summed E-state index contributed by atoms with van der Waals surface area (Å²) in [6.07, 6.45) is 0. The van der Waals surface area contributed by atoms with Crippen molar-refractivity contribution in [3.8, 4) is 6.07 Å². The number of hydrogen-bond acceptors (Lipinski definition) is 7. The summed E-state index contributed by atoms with van der Waals surface area (Å²) in [5.74, 6) is 0.569. The number of aromatic nitrogens is 2. The average Bonchev–Trinajstić information content (AvgIpc) is 2.67. The van der Waals surface area contributed by atoms with Crippen LogP contribution in [0.15, 0.2) is 35.2 Å². The largest absolute Gasteiger partial charge is 0.378 e. The topological polar surface area (TPSA) is 108 Å². The lowest BCUT2D eigenvalue weighted by atomic mass is 10.2. The molecule has 0 amide bonds. The molecule has 1 aliphatic rings. The van der Waals surface area contributed by atoms with Crippen LogP contribution in [0.2, 0.25) is 0 Å². The van der Waals surface area contributed by atoms with Gasteiger partial charge >= 0.3 is 0 Å². The number of rotatable bonds is 5. The first-order valence-corrected chi connectivity index (χ1v) is 9.64. The molecule has 0 spiro atoms. The van der Waals surface area contributed by atoms with Crippen LogP contribution >= 0.6 is 0 Å². The van der Waals surface area contributed by atoms with Gasteiger partial charge in [0.05, 0.1) is 35.9 Å². The van der Waals surface area contributed by atoms with Crippen molar-refractivity contribution in [3.05, 3.63) is 47.3 Å². The Morgan fingerprint density at radius 3 is 2.73 bits per heavy atom. The molecule has 1 aromatic carbocycles. The van der Waals surface area contributed by atoms with Gasteiger partial charge in [0.25, 0.3) is 0 Å². The second-order valence-corrected chi connectivity index (χ2v) is 7.57. The molecule has 1 aliphatic heterocycles. The summed E-state index contributed by atoms with van der Waals surface area (Å²) in [5, 5.41) is 9.11. The summed E-state index contributed by atoms with van der Waals surface area (Å²) in [6, 6.07) is 9.73. The number of nitriles is 1. The zero-order valence-corrected chi connectivity index (χ0v) is 15.2. The van der Waals surface area contributed by atoms with E-state index in [1.165, 1.54) is 12.1 Å². The van der Waals surface area contributed by atoms with Crippen molar-refractivity contribution in [1.82, 2.24) is 14.7 Å². The Labute approximate surface area is 152 Å². The lowest BCUT2D eigenvalue weighted by Gasteiger charge is -2.27. The van der Waals surface area contributed by atoms with Gasteiger partial charge in [-0.25, -0.2) is 23.1 Å². The first kappa shape index (κ1) is 18.3. The third-order valence-corrected chi connectivity index (χ3v) is 5.39. The van der Waals surface area contributed by atoms with E-state index in [9.17, 15) is 8.42 Å². The van der Waals surface area contributed by atoms with Crippen LogP contribution < -0.4 is 9.62 Å². The monoisotopic (exact) mass is 373 g/mol. The van der Waals surface area contributed by atoms with Crippen LogP contribution in [0.5, 0.6) is 0 Å². The lowest BCUT2D eigenvalue weighted by Crippen LogP contribution is -2.37. The van der Waals surface area contributed by atoms with Crippen molar-refractivity contribution in [3.63, 3.8) is 0 Å². The predicted molar refractivity (Wildman–Crippen MR) is 95.0 cm³/mol. The van der Waals surface area contributed by atoms with Gasteiger partial charge in [-0.3, -0.25) is 0 Å². The number of sulfonamides is 1. The molecule has 0 unspecified atom stereocenters. The van der Waals surface area contributed by atoms with E-state index in [0.717, 1.165) is 5.69 Å². The highest BCUT2D eigenvalue weighted by atomic mass is 32.2. The Kier molecular flexibility index (Phi) is 5.46. The van der Waals surface area contributed by atoms with E-state index in [2.05, 4.69) is 14.7 Å². The van der Waals surface area contributed by atoms with E-state index in [1.54, 1.807) is 18.2 Å². The molecule has 1 aromatic heterocycles. The van der Waals surface area contributed by atoms with Crippen molar-refractivity contribution in [2.45, 2.75) is 18.4 Å². The van der Waals surface area contributed by atoms with Crippen LogP contribution in [-0.2, 0) is 21.3 Å². The number of nitrogens with one attached hydrogen (secondary N) is 1. The molecule has 1 N–H and O–H groups in total. The normalized spacial score (nSPS) is 14.8. The molecule has 0 atom stereocenters. The number of nitrogens with zero attached hydrogens (tertiary/aromatic N) is 4. The quantitative estimate of drug-likeness (QED) is 0.832.